The third-order valence-corrected chi connectivity index (χ3v) is 5.54. The Morgan fingerprint density at radius 1 is 0.966 bits per heavy atom. The number of rotatable bonds is 6. The zero-order chi connectivity index (χ0) is 20.9. The second kappa shape index (κ2) is 9.01. The Labute approximate surface area is 173 Å². The lowest BCUT2D eigenvalue weighted by molar-refractivity contribution is -0.156. The summed E-state index contributed by atoms with van der Waals surface area (Å²) in [6, 6.07) is 16.2. The summed E-state index contributed by atoms with van der Waals surface area (Å²) in [6.07, 6.45) is 1.97. The van der Waals surface area contributed by atoms with Gasteiger partial charge in [0.1, 0.15) is 11.3 Å². The maximum Gasteiger partial charge on any atom is 0.312 e. The van der Waals surface area contributed by atoms with Crippen LogP contribution < -0.4 is 0 Å². The predicted octanol–water partition coefficient (Wildman–Crippen LogP) is 6.05. The zero-order valence-electron chi connectivity index (χ0n) is 17.7. The van der Waals surface area contributed by atoms with Crippen molar-refractivity contribution in [3.63, 3.8) is 0 Å². The zero-order valence-corrected chi connectivity index (χ0v) is 17.7. The SMILES string of the molecule is CCOC(=O)C(CC)(CC)Cc1cc2cc(C#Cc3ccc(C)cc3)ccc2o1. The Kier molecular flexibility index (Phi) is 6.44. The lowest BCUT2D eigenvalue weighted by atomic mass is 9.78. The normalized spacial score (nSPS) is 11.2. The summed E-state index contributed by atoms with van der Waals surface area (Å²) in [5.74, 6) is 7.09. The molecule has 0 amide bonds. The number of ether oxygens (including phenoxy) is 1. The Bertz CT molecular complexity index is 1040. The van der Waals surface area contributed by atoms with Crippen LogP contribution in [0.4, 0.5) is 0 Å². The number of carbonyl (C=O) groups is 1. The molecule has 0 aliphatic heterocycles. The summed E-state index contributed by atoms with van der Waals surface area (Å²) in [7, 11) is 0. The Morgan fingerprint density at radius 3 is 2.28 bits per heavy atom. The highest BCUT2D eigenvalue weighted by Crippen LogP contribution is 2.34. The van der Waals surface area contributed by atoms with Crippen molar-refractivity contribution >= 4 is 16.9 Å². The Balaban J connectivity index is 1.85. The molecule has 1 heterocycles. The molecule has 3 heteroatoms. The molecule has 0 bridgehead atoms. The molecule has 150 valence electrons. The Morgan fingerprint density at radius 2 is 1.62 bits per heavy atom. The molecule has 0 aliphatic carbocycles. The van der Waals surface area contributed by atoms with Gasteiger partial charge < -0.3 is 9.15 Å². The molecule has 0 fully saturated rings. The van der Waals surface area contributed by atoms with Crippen LogP contribution in [0.3, 0.4) is 0 Å². The van der Waals surface area contributed by atoms with E-state index >= 15 is 0 Å². The van der Waals surface area contributed by atoms with Crippen molar-refractivity contribution < 1.29 is 13.9 Å². The third-order valence-electron chi connectivity index (χ3n) is 5.54. The summed E-state index contributed by atoms with van der Waals surface area (Å²) < 4.78 is 11.4. The van der Waals surface area contributed by atoms with E-state index in [4.69, 9.17) is 9.15 Å². The standard InChI is InChI=1S/C26H28O3/c1-5-26(6-2,25(27)28-7-3)18-23-17-22-16-21(14-15-24(22)29-23)13-12-20-10-8-19(4)9-11-20/h8-11,14-17H,5-7,18H2,1-4H3. The molecular weight excluding hydrogens is 360 g/mol. The van der Waals surface area contributed by atoms with E-state index in [1.165, 1.54) is 5.56 Å². The maximum absolute atomic E-state index is 12.6. The Hall–Kier alpha value is -2.99. The number of furan rings is 1. The van der Waals surface area contributed by atoms with Crippen LogP contribution in [0.1, 0.15) is 56.1 Å². The molecule has 1 aromatic heterocycles. The number of hydrogen-bond acceptors (Lipinski definition) is 3. The van der Waals surface area contributed by atoms with Crippen LogP contribution in [0.25, 0.3) is 11.0 Å². The van der Waals surface area contributed by atoms with Gasteiger partial charge in [0.15, 0.2) is 0 Å². The van der Waals surface area contributed by atoms with Crippen LogP contribution in [-0.4, -0.2) is 12.6 Å². The average molecular weight is 389 g/mol. The van der Waals surface area contributed by atoms with Gasteiger partial charge in [0.2, 0.25) is 0 Å². The maximum atomic E-state index is 12.6. The molecule has 29 heavy (non-hydrogen) atoms. The van der Waals surface area contributed by atoms with Crippen LogP contribution in [0.15, 0.2) is 52.9 Å². The van der Waals surface area contributed by atoms with E-state index in [-0.39, 0.29) is 5.97 Å². The van der Waals surface area contributed by atoms with E-state index in [2.05, 4.69) is 30.9 Å². The number of aryl methyl sites for hydroxylation is 1. The van der Waals surface area contributed by atoms with Crippen molar-refractivity contribution in [1.82, 2.24) is 0 Å². The minimum atomic E-state index is -0.544. The van der Waals surface area contributed by atoms with E-state index in [9.17, 15) is 4.79 Å². The molecule has 0 radical (unpaired) electrons. The first-order valence-corrected chi connectivity index (χ1v) is 10.3. The van der Waals surface area contributed by atoms with E-state index < -0.39 is 5.41 Å². The predicted molar refractivity (Wildman–Crippen MR) is 117 cm³/mol. The molecule has 3 aromatic rings. The first kappa shape index (κ1) is 20.7. The van der Waals surface area contributed by atoms with Crippen LogP contribution in [0.5, 0.6) is 0 Å². The second-order valence-electron chi connectivity index (χ2n) is 7.47. The summed E-state index contributed by atoms with van der Waals surface area (Å²) in [5.41, 5.74) is 3.42. The van der Waals surface area contributed by atoms with Gasteiger partial charge in [-0.15, -0.1) is 0 Å². The minimum Gasteiger partial charge on any atom is -0.466 e. The molecule has 0 spiro atoms. The average Bonchev–Trinajstić information content (AvgIpc) is 3.13. The molecule has 2 aromatic carbocycles. The largest absolute Gasteiger partial charge is 0.466 e. The lowest BCUT2D eigenvalue weighted by Gasteiger charge is -2.28. The van der Waals surface area contributed by atoms with Crippen molar-refractivity contribution in [2.45, 2.75) is 47.0 Å². The van der Waals surface area contributed by atoms with Gasteiger partial charge in [-0.3, -0.25) is 4.79 Å². The molecule has 0 aliphatic rings. The van der Waals surface area contributed by atoms with Gasteiger partial charge in [-0.25, -0.2) is 0 Å². The number of hydrogen-bond donors (Lipinski definition) is 0. The van der Waals surface area contributed by atoms with E-state index in [0.29, 0.717) is 25.9 Å². The summed E-state index contributed by atoms with van der Waals surface area (Å²) >= 11 is 0. The molecular formula is C26H28O3. The highest BCUT2D eigenvalue weighted by atomic mass is 16.5. The van der Waals surface area contributed by atoms with Crippen LogP contribution in [0.2, 0.25) is 0 Å². The number of benzene rings is 2. The summed E-state index contributed by atoms with van der Waals surface area (Å²) in [5, 5.41) is 1.00. The van der Waals surface area contributed by atoms with Gasteiger partial charge in [-0.2, -0.15) is 0 Å². The molecule has 0 atom stereocenters. The fourth-order valence-corrected chi connectivity index (χ4v) is 3.52. The number of esters is 1. The monoisotopic (exact) mass is 388 g/mol. The summed E-state index contributed by atoms with van der Waals surface area (Å²) in [4.78, 5) is 12.6. The second-order valence-corrected chi connectivity index (χ2v) is 7.47. The van der Waals surface area contributed by atoms with Gasteiger partial charge in [-0.05, 0) is 63.1 Å². The van der Waals surface area contributed by atoms with Crippen LogP contribution in [0, 0.1) is 24.2 Å². The first-order valence-electron chi connectivity index (χ1n) is 10.3. The van der Waals surface area contributed by atoms with Gasteiger partial charge in [0.05, 0.1) is 12.0 Å². The highest BCUT2D eigenvalue weighted by Gasteiger charge is 2.37. The fraction of sp³-hybridized carbons (Fsp3) is 0.346. The molecule has 3 nitrogen and oxygen atoms in total. The van der Waals surface area contributed by atoms with Gasteiger partial charge in [0.25, 0.3) is 0 Å². The van der Waals surface area contributed by atoms with Crippen molar-refractivity contribution in [1.29, 1.82) is 0 Å². The quantitative estimate of drug-likeness (QED) is 0.381. The van der Waals surface area contributed by atoms with Crippen molar-refractivity contribution in [2.24, 2.45) is 5.41 Å². The molecule has 0 saturated heterocycles. The molecule has 3 rings (SSSR count). The highest BCUT2D eigenvalue weighted by molar-refractivity contribution is 5.81. The molecule has 0 N–H and O–H groups in total. The minimum absolute atomic E-state index is 0.143. The summed E-state index contributed by atoms with van der Waals surface area (Å²) in [6.45, 7) is 8.36. The smallest absolute Gasteiger partial charge is 0.312 e. The first-order chi connectivity index (χ1) is 14.0. The van der Waals surface area contributed by atoms with Gasteiger partial charge in [0, 0.05) is 22.9 Å². The van der Waals surface area contributed by atoms with Crippen molar-refractivity contribution in [3.05, 3.63) is 71.0 Å². The molecule has 0 saturated carbocycles. The topological polar surface area (TPSA) is 39.4 Å². The molecule has 0 unspecified atom stereocenters. The fourth-order valence-electron chi connectivity index (χ4n) is 3.52. The van der Waals surface area contributed by atoms with E-state index in [1.54, 1.807) is 0 Å². The number of fused-ring (bicyclic) bond motifs is 1. The van der Waals surface area contributed by atoms with E-state index in [1.807, 2.05) is 57.2 Å². The van der Waals surface area contributed by atoms with Crippen LogP contribution >= 0.6 is 0 Å². The van der Waals surface area contributed by atoms with Crippen LogP contribution in [-0.2, 0) is 16.0 Å². The lowest BCUT2D eigenvalue weighted by Crippen LogP contribution is -2.34. The van der Waals surface area contributed by atoms with Crippen molar-refractivity contribution in [3.8, 4) is 11.8 Å². The van der Waals surface area contributed by atoms with Gasteiger partial charge in [-0.1, -0.05) is 43.4 Å². The van der Waals surface area contributed by atoms with Crippen molar-refractivity contribution in [2.75, 3.05) is 6.61 Å². The third kappa shape index (κ3) is 4.71. The van der Waals surface area contributed by atoms with Gasteiger partial charge >= 0.3 is 5.97 Å². The number of carbonyl (C=O) groups excluding carboxylic acids is 1. The van der Waals surface area contributed by atoms with E-state index in [0.717, 1.165) is 27.9 Å².